The molecule has 0 saturated carbocycles. The minimum atomic E-state index is -0.515. The maximum atomic E-state index is 11.5. The maximum Gasteiger partial charge on any atom is 0.360 e. The SMILES string of the molecule is CCOC(=O)c1cc(-c2ccc(OC(C)C)c(Cl)c2)on1. The number of esters is 1. The molecular formula is C15H16ClNO4. The van der Waals surface area contributed by atoms with Crippen molar-refractivity contribution in [2.24, 2.45) is 0 Å². The van der Waals surface area contributed by atoms with E-state index in [-0.39, 0.29) is 18.4 Å². The average molecular weight is 310 g/mol. The number of rotatable bonds is 5. The van der Waals surface area contributed by atoms with Gasteiger partial charge in [-0.15, -0.1) is 0 Å². The lowest BCUT2D eigenvalue weighted by Gasteiger charge is -2.11. The summed E-state index contributed by atoms with van der Waals surface area (Å²) in [5.74, 6) is 0.523. The van der Waals surface area contributed by atoms with Crippen molar-refractivity contribution in [2.75, 3.05) is 6.61 Å². The van der Waals surface area contributed by atoms with Gasteiger partial charge in [0.25, 0.3) is 0 Å². The molecule has 112 valence electrons. The Morgan fingerprint density at radius 3 is 2.76 bits per heavy atom. The van der Waals surface area contributed by atoms with Gasteiger partial charge in [0.05, 0.1) is 17.7 Å². The molecule has 0 aliphatic heterocycles. The fourth-order valence-corrected chi connectivity index (χ4v) is 1.94. The molecule has 2 rings (SSSR count). The minimum Gasteiger partial charge on any atom is -0.489 e. The van der Waals surface area contributed by atoms with Gasteiger partial charge in [-0.05, 0) is 39.0 Å². The number of nitrogens with zero attached hydrogens (tertiary/aromatic N) is 1. The molecule has 1 aromatic heterocycles. The second-order valence-electron chi connectivity index (χ2n) is 4.61. The van der Waals surface area contributed by atoms with Crippen molar-refractivity contribution in [2.45, 2.75) is 26.9 Å². The van der Waals surface area contributed by atoms with Crippen LogP contribution in [0.25, 0.3) is 11.3 Å². The minimum absolute atomic E-state index is 0.0362. The summed E-state index contributed by atoms with van der Waals surface area (Å²) in [6.07, 6.45) is 0.0362. The van der Waals surface area contributed by atoms with Crippen molar-refractivity contribution in [3.63, 3.8) is 0 Å². The van der Waals surface area contributed by atoms with Gasteiger partial charge < -0.3 is 14.0 Å². The molecule has 0 saturated heterocycles. The van der Waals surface area contributed by atoms with E-state index in [1.165, 1.54) is 6.07 Å². The highest BCUT2D eigenvalue weighted by atomic mass is 35.5. The summed E-state index contributed by atoms with van der Waals surface area (Å²) < 4.78 is 15.6. The summed E-state index contributed by atoms with van der Waals surface area (Å²) in [6.45, 7) is 5.86. The summed E-state index contributed by atoms with van der Waals surface area (Å²) in [4.78, 5) is 11.5. The molecule has 0 bridgehead atoms. The number of hydrogen-bond donors (Lipinski definition) is 0. The fourth-order valence-electron chi connectivity index (χ4n) is 1.72. The van der Waals surface area contributed by atoms with E-state index in [0.29, 0.717) is 22.1 Å². The summed E-state index contributed by atoms with van der Waals surface area (Å²) in [6, 6.07) is 6.77. The third-order valence-electron chi connectivity index (χ3n) is 2.57. The standard InChI is InChI=1S/C15H16ClNO4/c1-4-19-15(18)12-8-14(21-17-12)10-5-6-13(11(16)7-10)20-9(2)3/h5-9H,4H2,1-3H3. The number of halogens is 1. The summed E-state index contributed by atoms with van der Waals surface area (Å²) >= 11 is 6.16. The van der Waals surface area contributed by atoms with Gasteiger partial charge in [0.15, 0.2) is 11.5 Å². The zero-order valence-corrected chi connectivity index (χ0v) is 12.8. The van der Waals surface area contributed by atoms with E-state index in [9.17, 15) is 4.79 Å². The molecule has 0 radical (unpaired) electrons. The van der Waals surface area contributed by atoms with Crippen LogP contribution >= 0.6 is 11.6 Å². The van der Waals surface area contributed by atoms with Crippen LogP contribution in [0.5, 0.6) is 5.75 Å². The van der Waals surface area contributed by atoms with E-state index in [4.69, 9.17) is 25.6 Å². The molecule has 6 heteroatoms. The molecule has 5 nitrogen and oxygen atoms in total. The number of hydrogen-bond acceptors (Lipinski definition) is 5. The third-order valence-corrected chi connectivity index (χ3v) is 2.87. The summed E-state index contributed by atoms with van der Waals surface area (Å²) in [5.41, 5.74) is 0.838. The molecular weight excluding hydrogens is 294 g/mol. The molecule has 0 fully saturated rings. The van der Waals surface area contributed by atoms with Gasteiger partial charge in [-0.25, -0.2) is 4.79 Å². The topological polar surface area (TPSA) is 61.6 Å². The predicted octanol–water partition coefficient (Wildman–Crippen LogP) is 3.96. The predicted molar refractivity (Wildman–Crippen MR) is 78.7 cm³/mol. The number of carbonyl (C=O) groups is 1. The molecule has 0 aliphatic carbocycles. The van der Waals surface area contributed by atoms with Crippen molar-refractivity contribution in [3.8, 4) is 17.1 Å². The lowest BCUT2D eigenvalue weighted by atomic mass is 10.1. The Morgan fingerprint density at radius 1 is 1.38 bits per heavy atom. The van der Waals surface area contributed by atoms with Crippen LogP contribution in [0.1, 0.15) is 31.3 Å². The highest BCUT2D eigenvalue weighted by molar-refractivity contribution is 6.32. The lowest BCUT2D eigenvalue weighted by molar-refractivity contribution is 0.0514. The van der Waals surface area contributed by atoms with Crippen molar-refractivity contribution in [1.29, 1.82) is 0 Å². The first-order chi connectivity index (χ1) is 10.0. The van der Waals surface area contributed by atoms with Crippen LogP contribution < -0.4 is 4.74 Å². The van der Waals surface area contributed by atoms with Crippen LogP contribution in [0.3, 0.4) is 0 Å². The first-order valence-electron chi connectivity index (χ1n) is 6.61. The van der Waals surface area contributed by atoms with Crippen LogP contribution in [-0.2, 0) is 4.74 Å². The van der Waals surface area contributed by atoms with Gasteiger partial charge in [-0.3, -0.25) is 0 Å². The summed E-state index contributed by atoms with van der Waals surface area (Å²) in [5, 5.41) is 4.16. The molecule has 0 amide bonds. The normalized spacial score (nSPS) is 10.7. The van der Waals surface area contributed by atoms with E-state index in [1.54, 1.807) is 25.1 Å². The van der Waals surface area contributed by atoms with Crippen molar-refractivity contribution < 1.29 is 18.8 Å². The number of ether oxygens (including phenoxy) is 2. The van der Waals surface area contributed by atoms with Gasteiger partial charge in [0, 0.05) is 11.6 Å². The number of carbonyl (C=O) groups excluding carboxylic acids is 1. The molecule has 0 spiro atoms. The molecule has 21 heavy (non-hydrogen) atoms. The molecule has 2 aromatic rings. The fraction of sp³-hybridized carbons (Fsp3) is 0.333. The highest BCUT2D eigenvalue weighted by Gasteiger charge is 2.15. The average Bonchev–Trinajstić information content (AvgIpc) is 2.90. The zero-order chi connectivity index (χ0) is 15.4. The van der Waals surface area contributed by atoms with Crippen LogP contribution in [0.15, 0.2) is 28.8 Å². The largest absolute Gasteiger partial charge is 0.489 e. The molecule has 1 heterocycles. The summed E-state index contributed by atoms with van der Waals surface area (Å²) in [7, 11) is 0. The third kappa shape index (κ3) is 3.76. The monoisotopic (exact) mass is 309 g/mol. The van der Waals surface area contributed by atoms with Crippen molar-refractivity contribution in [1.82, 2.24) is 5.16 Å². The molecule has 0 N–H and O–H groups in total. The zero-order valence-electron chi connectivity index (χ0n) is 12.1. The van der Waals surface area contributed by atoms with Gasteiger partial charge in [0.2, 0.25) is 0 Å². The van der Waals surface area contributed by atoms with Gasteiger partial charge in [-0.1, -0.05) is 16.8 Å². The van der Waals surface area contributed by atoms with Gasteiger partial charge >= 0.3 is 5.97 Å². The van der Waals surface area contributed by atoms with Crippen molar-refractivity contribution >= 4 is 17.6 Å². The van der Waals surface area contributed by atoms with Crippen LogP contribution in [0, 0.1) is 0 Å². The van der Waals surface area contributed by atoms with Gasteiger partial charge in [-0.2, -0.15) is 0 Å². The number of benzene rings is 1. The van der Waals surface area contributed by atoms with E-state index in [1.807, 2.05) is 13.8 Å². The highest BCUT2D eigenvalue weighted by Crippen LogP contribution is 2.31. The molecule has 0 atom stereocenters. The Morgan fingerprint density at radius 2 is 2.14 bits per heavy atom. The maximum absolute atomic E-state index is 11.5. The van der Waals surface area contributed by atoms with Crippen LogP contribution in [0.2, 0.25) is 5.02 Å². The van der Waals surface area contributed by atoms with Crippen LogP contribution in [0.4, 0.5) is 0 Å². The molecule has 1 aromatic carbocycles. The molecule has 0 unspecified atom stereocenters. The Bertz CT molecular complexity index is 636. The smallest absolute Gasteiger partial charge is 0.360 e. The quantitative estimate of drug-likeness (QED) is 0.782. The first kappa shape index (κ1) is 15.4. The lowest BCUT2D eigenvalue weighted by Crippen LogP contribution is -2.05. The van der Waals surface area contributed by atoms with Crippen molar-refractivity contribution in [3.05, 3.63) is 35.0 Å². The van der Waals surface area contributed by atoms with E-state index in [0.717, 1.165) is 0 Å². The second kappa shape index (κ2) is 6.63. The van der Waals surface area contributed by atoms with Gasteiger partial charge in [0.1, 0.15) is 5.75 Å². The Hall–Kier alpha value is -2.01. The number of aromatic nitrogens is 1. The van der Waals surface area contributed by atoms with E-state index in [2.05, 4.69) is 5.16 Å². The Labute approximate surface area is 127 Å². The Kier molecular flexibility index (Phi) is 4.85. The Balaban J connectivity index is 2.23. The van der Waals surface area contributed by atoms with Crippen LogP contribution in [-0.4, -0.2) is 23.8 Å². The first-order valence-corrected chi connectivity index (χ1v) is 6.99. The second-order valence-corrected chi connectivity index (χ2v) is 5.02. The van der Waals surface area contributed by atoms with E-state index < -0.39 is 5.97 Å². The van der Waals surface area contributed by atoms with E-state index >= 15 is 0 Å². The molecule has 0 aliphatic rings.